The molecule has 3 aromatic heterocycles. The first-order valence-corrected chi connectivity index (χ1v) is 11.6. The molecule has 3 heterocycles. The number of aryl methyl sites for hydroxylation is 1. The van der Waals surface area contributed by atoms with Crippen molar-refractivity contribution in [2.75, 3.05) is 0 Å². The van der Waals surface area contributed by atoms with E-state index in [4.69, 9.17) is 9.97 Å². The average molecular weight is 443 g/mol. The van der Waals surface area contributed by atoms with Crippen molar-refractivity contribution in [2.24, 2.45) is 7.05 Å². The molecule has 5 rings (SSSR count). The number of nitrogens with zero attached hydrogens (tertiary/aromatic N) is 4. The van der Waals surface area contributed by atoms with Gasteiger partial charge in [-0.2, -0.15) is 0 Å². The van der Waals surface area contributed by atoms with Crippen molar-refractivity contribution in [3.8, 4) is 10.6 Å². The summed E-state index contributed by atoms with van der Waals surface area (Å²) in [6.07, 6.45) is 3.41. The molecule has 0 aliphatic heterocycles. The van der Waals surface area contributed by atoms with E-state index >= 15 is 0 Å². The lowest BCUT2D eigenvalue weighted by Crippen LogP contribution is -2.10. The largest absolute Gasteiger partial charge is 0.331 e. The van der Waals surface area contributed by atoms with Crippen LogP contribution < -0.4 is 0 Å². The normalized spacial score (nSPS) is 11.1. The zero-order valence-electron chi connectivity index (χ0n) is 16.7. The van der Waals surface area contributed by atoms with Crippen LogP contribution in [0.25, 0.3) is 21.5 Å². The molecule has 5 aromatic rings. The third-order valence-corrected chi connectivity index (χ3v) is 6.79. The maximum absolute atomic E-state index is 13.2. The highest BCUT2D eigenvalue weighted by atomic mass is 32.2. The van der Waals surface area contributed by atoms with Crippen molar-refractivity contribution in [3.05, 3.63) is 95.5 Å². The van der Waals surface area contributed by atoms with Crippen LogP contribution in [-0.2, 0) is 12.8 Å². The van der Waals surface area contributed by atoms with E-state index < -0.39 is 0 Å². The first-order valence-electron chi connectivity index (χ1n) is 9.73. The van der Waals surface area contributed by atoms with E-state index in [0.29, 0.717) is 17.1 Å². The molecule has 0 unspecified atom stereocenters. The highest BCUT2D eigenvalue weighted by Crippen LogP contribution is 2.30. The fourth-order valence-corrected chi connectivity index (χ4v) is 5.09. The van der Waals surface area contributed by atoms with Gasteiger partial charge in [-0.25, -0.2) is 15.0 Å². The fourth-order valence-electron chi connectivity index (χ4n) is 3.35. The molecule has 0 spiro atoms. The molecule has 31 heavy (non-hydrogen) atoms. The lowest BCUT2D eigenvalue weighted by atomic mass is 10.1. The molecule has 7 heteroatoms. The smallest absolute Gasteiger partial charge is 0.229 e. The molecular formula is C24H18N4OS2. The number of imidazole rings is 1. The van der Waals surface area contributed by atoms with Crippen molar-refractivity contribution < 1.29 is 4.79 Å². The van der Waals surface area contributed by atoms with E-state index in [2.05, 4.69) is 22.5 Å². The number of hydrogen-bond donors (Lipinski definition) is 0. The maximum Gasteiger partial charge on any atom is 0.229 e. The Morgan fingerprint density at radius 1 is 1.06 bits per heavy atom. The van der Waals surface area contributed by atoms with Crippen LogP contribution in [-0.4, -0.2) is 25.3 Å². The molecule has 0 atom stereocenters. The number of carbonyl (C=O) groups excluding carboxylic acids is 1. The molecule has 152 valence electrons. The van der Waals surface area contributed by atoms with E-state index in [9.17, 15) is 4.79 Å². The monoisotopic (exact) mass is 442 g/mol. The molecule has 0 radical (unpaired) electrons. The maximum atomic E-state index is 13.2. The highest BCUT2D eigenvalue weighted by molar-refractivity contribution is 7.98. The Morgan fingerprint density at radius 2 is 1.87 bits per heavy atom. The standard InChI is InChI=1S/C24H18N4OS2/c1-28-12-11-25-23(28)22(29)19-13-21(27-20-10-6-5-9-18(19)20)30-14-17-15-31-24(26-17)16-7-3-2-4-8-16/h2-13,15H,14H2,1H3. The second-order valence-corrected chi connectivity index (χ2v) is 8.87. The van der Waals surface area contributed by atoms with Gasteiger partial charge in [-0.1, -0.05) is 60.3 Å². The van der Waals surface area contributed by atoms with Gasteiger partial charge >= 0.3 is 0 Å². The average Bonchev–Trinajstić information content (AvgIpc) is 3.46. The zero-order chi connectivity index (χ0) is 21.2. The summed E-state index contributed by atoms with van der Waals surface area (Å²) in [6, 6.07) is 19.8. The van der Waals surface area contributed by atoms with Gasteiger partial charge in [-0.05, 0) is 12.1 Å². The Morgan fingerprint density at radius 3 is 2.68 bits per heavy atom. The van der Waals surface area contributed by atoms with Crippen molar-refractivity contribution in [1.29, 1.82) is 0 Å². The van der Waals surface area contributed by atoms with Crippen LogP contribution >= 0.6 is 23.1 Å². The third kappa shape index (κ3) is 4.02. The number of thiazole rings is 1. The molecule has 0 aliphatic carbocycles. The van der Waals surface area contributed by atoms with Gasteiger partial charge in [0.15, 0.2) is 5.82 Å². The predicted octanol–water partition coefficient (Wildman–Crippen LogP) is 5.62. The van der Waals surface area contributed by atoms with E-state index in [-0.39, 0.29) is 5.78 Å². The Kier molecular flexibility index (Phi) is 5.36. The topological polar surface area (TPSA) is 60.7 Å². The summed E-state index contributed by atoms with van der Waals surface area (Å²) in [6.45, 7) is 0. The lowest BCUT2D eigenvalue weighted by Gasteiger charge is -2.08. The molecule has 0 amide bonds. The lowest BCUT2D eigenvalue weighted by molar-refractivity contribution is 0.102. The molecule has 0 bridgehead atoms. The summed E-state index contributed by atoms with van der Waals surface area (Å²) in [4.78, 5) is 26.9. The summed E-state index contributed by atoms with van der Waals surface area (Å²) >= 11 is 3.22. The van der Waals surface area contributed by atoms with Crippen LogP contribution in [0.1, 0.15) is 21.9 Å². The molecule has 5 nitrogen and oxygen atoms in total. The Labute approximate surface area is 187 Å². The van der Waals surface area contributed by atoms with Crippen molar-refractivity contribution >= 4 is 39.8 Å². The van der Waals surface area contributed by atoms with Crippen molar-refractivity contribution in [2.45, 2.75) is 10.8 Å². The number of ketones is 1. The highest BCUT2D eigenvalue weighted by Gasteiger charge is 2.18. The van der Waals surface area contributed by atoms with Gasteiger partial charge in [-0.3, -0.25) is 4.79 Å². The van der Waals surface area contributed by atoms with Gasteiger partial charge in [0.2, 0.25) is 5.78 Å². The molecule has 0 N–H and O–H groups in total. The molecule has 0 aliphatic rings. The molecule has 2 aromatic carbocycles. The van der Waals surface area contributed by atoms with E-state index in [0.717, 1.165) is 32.2 Å². The van der Waals surface area contributed by atoms with Crippen LogP contribution in [0.4, 0.5) is 0 Å². The predicted molar refractivity (Wildman–Crippen MR) is 125 cm³/mol. The van der Waals surface area contributed by atoms with E-state index in [1.807, 2.05) is 55.6 Å². The van der Waals surface area contributed by atoms with Gasteiger partial charge in [0.1, 0.15) is 5.01 Å². The summed E-state index contributed by atoms with van der Waals surface area (Å²) in [5, 5.41) is 4.72. The van der Waals surface area contributed by atoms with E-state index in [1.165, 1.54) is 0 Å². The molecule has 0 saturated carbocycles. The van der Waals surface area contributed by atoms with Crippen molar-refractivity contribution in [3.63, 3.8) is 0 Å². The van der Waals surface area contributed by atoms with Crippen LogP contribution in [0.2, 0.25) is 0 Å². The molecule has 0 fully saturated rings. The minimum Gasteiger partial charge on any atom is -0.331 e. The fraction of sp³-hybridized carbons (Fsp3) is 0.0833. The zero-order valence-corrected chi connectivity index (χ0v) is 18.4. The Balaban J connectivity index is 1.44. The minimum absolute atomic E-state index is 0.104. The summed E-state index contributed by atoms with van der Waals surface area (Å²) < 4.78 is 1.74. The number of carbonyl (C=O) groups is 1. The number of thioether (sulfide) groups is 1. The SMILES string of the molecule is Cn1ccnc1C(=O)c1cc(SCc2csc(-c3ccccc3)n2)nc2ccccc12. The third-order valence-electron chi connectivity index (χ3n) is 4.90. The molecule has 0 saturated heterocycles. The molecular weight excluding hydrogens is 424 g/mol. The second kappa shape index (κ2) is 8.45. The van der Waals surface area contributed by atoms with Crippen LogP contribution in [0.15, 0.2) is 83.5 Å². The van der Waals surface area contributed by atoms with Crippen molar-refractivity contribution in [1.82, 2.24) is 19.5 Å². The van der Waals surface area contributed by atoms with Crippen LogP contribution in [0.3, 0.4) is 0 Å². The number of aromatic nitrogens is 4. The van der Waals surface area contributed by atoms with Gasteiger partial charge < -0.3 is 4.57 Å². The van der Waals surface area contributed by atoms with Crippen LogP contribution in [0.5, 0.6) is 0 Å². The number of pyridine rings is 1. The first-order chi connectivity index (χ1) is 15.2. The number of fused-ring (bicyclic) bond motifs is 1. The van der Waals surface area contributed by atoms with Gasteiger partial charge in [0.25, 0.3) is 0 Å². The van der Waals surface area contributed by atoms with Gasteiger partial charge in [0.05, 0.1) is 16.2 Å². The first kappa shape index (κ1) is 19.7. The van der Waals surface area contributed by atoms with Crippen LogP contribution in [0, 0.1) is 0 Å². The number of hydrogen-bond acceptors (Lipinski definition) is 6. The van der Waals surface area contributed by atoms with Gasteiger partial charge in [0, 0.05) is 47.1 Å². The summed E-state index contributed by atoms with van der Waals surface area (Å²) in [5.41, 5.74) is 3.54. The Hall–Kier alpha value is -3.29. The summed E-state index contributed by atoms with van der Waals surface area (Å²) in [7, 11) is 1.83. The van der Waals surface area contributed by atoms with E-state index in [1.54, 1.807) is 40.1 Å². The quantitative estimate of drug-likeness (QED) is 0.252. The second-order valence-electron chi connectivity index (χ2n) is 7.01. The number of benzene rings is 2. The Bertz CT molecular complexity index is 1370. The summed E-state index contributed by atoms with van der Waals surface area (Å²) in [5.74, 6) is 0.998. The number of rotatable bonds is 6. The van der Waals surface area contributed by atoms with Gasteiger partial charge in [-0.15, -0.1) is 11.3 Å². The number of para-hydroxylation sites is 1. The minimum atomic E-state index is -0.104.